The highest BCUT2D eigenvalue weighted by Gasteiger charge is 2.50. The second-order valence-electron chi connectivity index (χ2n) is 8.97. The van der Waals surface area contributed by atoms with Crippen LogP contribution in [0.25, 0.3) is 0 Å². The molecule has 1 atom stereocenters. The van der Waals surface area contributed by atoms with Crippen molar-refractivity contribution in [3.8, 4) is 0 Å². The Kier molecular flexibility index (Phi) is 6.67. The third-order valence-corrected chi connectivity index (χ3v) is 6.47. The van der Waals surface area contributed by atoms with Crippen molar-refractivity contribution in [2.45, 2.75) is 70.5 Å². The average Bonchev–Trinajstić information content (AvgIpc) is 3.04. The maximum atomic E-state index is 14.9. The number of carbonyl (C=O) groups is 3. The Morgan fingerprint density at radius 2 is 1.88 bits per heavy atom. The molecule has 34 heavy (non-hydrogen) atoms. The van der Waals surface area contributed by atoms with Gasteiger partial charge in [0.25, 0.3) is 5.91 Å². The molecule has 1 fully saturated rings. The van der Waals surface area contributed by atoms with Gasteiger partial charge in [-0.15, -0.1) is 0 Å². The molecule has 2 heterocycles. The first-order valence-electron chi connectivity index (χ1n) is 11.6. The van der Waals surface area contributed by atoms with Gasteiger partial charge in [0.15, 0.2) is 5.69 Å². The molecule has 2 amide bonds. The normalized spacial score (nSPS) is 21.1. The molecule has 0 unspecified atom stereocenters. The molecule has 2 aromatic rings. The molecule has 1 aliphatic heterocycles. The molecular formula is C24H28F2N4O4. The summed E-state index contributed by atoms with van der Waals surface area (Å²) in [6, 6.07) is 4.04. The van der Waals surface area contributed by atoms with Crippen LogP contribution in [0.3, 0.4) is 0 Å². The van der Waals surface area contributed by atoms with Gasteiger partial charge in [-0.1, -0.05) is 25.7 Å². The largest absolute Gasteiger partial charge is 0.461 e. The van der Waals surface area contributed by atoms with E-state index >= 15 is 0 Å². The Morgan fingerprint density at radius 1 is 1.18 bits per heavy atom. The number of amides is 2. The third kappa shape index (κ3) is 4.41. The highest BCUT2D eigenvalue weighted by Crippen LogP contribution is 2.35. The highest BCUT2D eigenvalue weighted by molar-refractivity contribution is 6.12. The predicted octanol–water partition coefficient (Wildman–Crippen LogP) is 3.60. The molecule has 0 radical (unpaired) electrons. The zero-order valence-electron chi connectivity index (χ0n) is 19.3. The lowest BCUT2D eigenvalue weighted by Gasteiger charge is -2.43. The van der Waals surface area contributed by atoms with Crippen molar-refractivity contribution in [2.24, 2.45) is 0 Å². The zero-order valence-corrected chi connectivity index (χ0v) is 19.3. The number of ether oxygens (including phenoxy) is 1. The molecule has 8 nitrogen and oxygen atoms in total. The Bertz CT molecular complexity index is 1110. The van der Waals surface area contributed by atoms with Gasteiger partial charge in [0.05, 0.1) is 18.8 Å². The minimum absolute atomic E-state index is 0.00604. The molecule has 1 saturated carbocycles. The van der Waals surface area contributed by atoms with E-state index in [0.717, 1.165) is 55.6 Å². The SMILES string of the molecule is CCOC(=O)c1cc2n(n1)C[C@@](C)(C(=O)NC1CCCCCC1)N(c1ccc(F)cc1F)C2=O. The van der Waals surface area contributed by atoms with Gasteiger partial charge < -0.3 is 10.1 Å². The van der Waals surface area contributed by atoms with Gasteiger partial charge in [-0.05, 0) is 38.8 Å². The van der Waals surface area contributed by atoms with E-state index in [4.69, 9.17) is 4.74 Å². The maximum Gasteiger partial charge on any atom is 0.358 e. The van der Waals surface area contributed by atoms with Gasteiger partial charge in [-0.2, -0.15) is 5.10 Å². The van der Waals surface area contributed by atoms with Gasteiger partial charge in [0.2, 0.25) is 5.91 Å². The van der Waals surface area contributed by atoms with Crippen LogP contribution in [0.2, 0.25) is 0 Å². The minimum atomic E-state index is -1.58. The number of rotatable bonds is 5. The van der Waals surface area contributed by atoms with E-state index in [-0.39, 0.29) is 36.3 Å². The van der Waals surface area contributed by atoms with Crippen LogP contribution in [0.1, 0.15) is 73.3 Å². The topological polar surface area (TPSA) is 93.5 Å². The van der Waals surface area contributed by atoms with Gasteiger partial charge in [-0.25, -0.2) is 13.6 Å². The van der Waals surface area contributed by atoms with Crippen molar-refractivity contribution in [2.75, 3.05) is 11.5 Å². The molecule has 0 spiro atoms. The summed E-state index contributed by atoms with van der Waals surface area (Å²) in [6.45, 7) is 3.17. The van der Waals surface area contributed by atoms with Gasteiger partial charge >= 0.3 is 5.97 Å². The predicted molar refractivity (Wildman–Crippen MR) is 119 cm³/mol. The van der Waals surface area contributed by atoms with E-state index in [0.29, 0.717) is 6.07 Å². The van der Waals surface area contributed by atoms with Crippen LogP contribution in [0.15, 0.2) is 24.3 Å². The van der Waals surface area contributed by atoms with Crippen LogP contribution in [0.5, 0.6) is 0 Å². The summed E-state index contributed by atoms with van der Waals surface area (Å²) in [4.78, 5) is 40.5. The molecular weight excluding hydrogens is 446 g/mol. The Hall–Kier alpha value is -3.30. The first-order chi connectivity index (χ1) is 16.2. The van der Waals surface area contributed by atoms with E-state index in [1.165, 1.54) is 17.7 Å². The third-order valence-electron chi connectivity index (χ3n) is 6.47. The summed E-state index contributed by atoms with van der Waals surface area (Å²) in [5.41, 5.74) is -1.88. The molecule has 1 N–H and O–H groups in total. The van der Waals surface area contributed by atoms with Crippen LogP contribution in [-0.2, 0) is 16.1 Å². The summed E-state index contributed by atoms with van der Waals surface area (Å²) >= 11 is 0. The Morgan fingerprint density at radius 3 is 2.53 bits per heavy atom. The van der Waals surface area contributed by atoms with Crippen LogP contribution >= 0.6 is 0 Å². The van der Waals surface area contributed by atoms with Crippen LogP contribution in [0.4, 0.5) is 14.5 Å². The van der Waals surface area contributed by atoms with Crippen molar-refractivity contribution in [1.29, 1.82) is 0 Å². The van der Waals surface area contributed by atoms with Crippen molar-refractivity contribution >= 4 is 23.5 Å². The summed E-state index contributed by atoms with van der Waals surface area (Å²) in [6.07, 6.45) is 5.82. The fourth-order valence-corrected chi connectivity index (χ4v) is 4.69. The second kappa shape index (κ2) is 9.52. The number of anilines is 1. The number of nitrogens with zero attached hydrogens (tertiary/aromatic N) is 3. The number of nitrogens with one attached hydrogen (secondary N) is 1. The molecule has 1 aromatic carbocycles. The molecule has 182 valence electrons. The van der Waals surface area contributed by atoms with Crippen LogP contribution in [-0.4, -0.2) is 45.8 Å². The quantitative estimate of drug-likeness (QED) is 0.528. The van der Waals surface area contributed by atoms with Crippen LogP contribution < -0.4 is 10.2 Å². The number of aromatic nitrogens is 2. The van der Waals surface area contributed by atoms with E-state index in [1.54, 1.807) is 6.92 Å². The van der Waals surface area contributed by atoms with Crippen molar-refractivity contribution < 1.29 is 27.9 Å². The van der Waals surface area contributed by atoms with Crippen molar-refractivity contribution in [1.82, 2.24) is 15.1 Å². The molecule has 4 rings (SSSR count). The summed E-state index contributed by atoms with van der Waals surface area (Å²) in [5.74, 6) is -3.67. The minimum Gasteiger partial charge on any atom is -0.461 e. The maximum absolute atomic E-state index is 14.9. The fourth-order valence-electron chi connectivity index (χ4n) is 4.69. The number of hydrogen-bond donors (Lipinski definition) is 1. The smallest absolute Gasteiger partial charge is 0.358 e. The first kappa shape index (κ1) is 23.8. The molecule has 1 aliphatic carbocycles. The zero-order chi connectivity index (χ0) is 24.5. The van der Waals surface area contributed by atoms with Gasteiger partial charge in [0, 0.05) is 18.2 Å². The standard InChI is InChI=1S/C24H28F2N4O4/c1-3-34-22(32)18-13-20-21(31)30(19-11-10-15(25)12-17(19)26)24(2,14-29(20)28-18)23(33)27-16-8-6-4-5-7-9-16/h10-13,16H,3-9,14H2,1-2H3,(H,27,33)/t24-/m0/s1. The molecule has 10 heteroatoms. The number of benzene rings is 1. The summed E-state index contributed by atoms with van der Waals surface area (Å²) in [7, 11) is 0. The average molecular weight is 475 g/mol. The van der Waals surface area contributed by atoms with Gasteiger partial charge in [-0.3, -0.25) is 19.2 Å². The lowest BCUT2D eigenvalue weighted by molar-refractivity contribution is -0.127. The lowest BCUT2D eigenvalue weighted by atomic mass is 9.93. The summed E-state index contributed by atoms with van der Waals surface area (Å²) < 4.78 is 34.8. The number of halogens is 2. The van der Waals surface area contributed by atoms with Crippen molar-refractivity contribution in [3.05, 3.63) is 47.3 Å². The van der Waals surface area contributed by atoms with E-state index in [2.05, 4.69) is 10.4 Å². The van der Waals surface area contributed by atoms with E-state index in [1.807, 2.05) is 0 Å². The molecule has 2 aliphatic rings. The monoisotopic (exact) mass is 474 g/mol. The van der Waals surface area contributed by atoms with Crippen molar-refractivity contribution in [3.63, 3.8) is 0 Å². The number of esters is 1. The Balaban J connectivity index is 1.76. The molecule has 1 aromatic heterocycles. The summed E-state index contributed by atoms with van der Waals surface area (Å²) in [5, 5.41) is 7.22. The molecule has 0 saturated heterocycles. The number of hydrogen-bond acceptors (Lipinski definition) is 5. The van der Waals surface area contributed by atoms with Gasteiger partial charge in [0.1, 0.15) is 22.9 Å². The van der Waals surface area contributed by atoms with E-state index in [9.17, 15) is 23.2 Å². The highest BCUT2D eigenvalue weighted by atomic mass is 19.1. The Labute approximate surface area is 196 Å². The number of fused-ring (bicyclic) bond motifs is 1. The van der Waals surface area contributed by atoms with Crippen LogP contribution in [0, 0.1) is 11.6 Å². The lowest BCUT2D eigenvalue weighted by Crippen LogP contribution is -2.65. The molecule has 0 bridgehead atoms. The number of carbonyl (C=O) groups excluding carboxylic acids is 3. The fraction of sp³-hybridized carbons (Fsp3) is 0.500. The second-order valence-corrected chi connectivity index (χ2v) is 8.97. The van der Waals surface area contributed by atoms with E-state index < -0.39 is 35.0 Å². The first-order valence-corrected chi connectivity index (χ1v) is 11.6.